The van der Waals surface area contributed by atoms with Crippen molar-refractivity contribution in [3.63, 3.8) is 0 Å². The van der Waals surface area contributed by atoms with Crippen LogP contribution in [0.1, 0.15) is 0 Å². The van der Waals surface area contributed by atoms with Gasteiger partial charge in [0.15, 0.2) is 6.29 Å². The number of hydrogen-bond donors (Lipinski definition) is 0. The lowest BCUT2D eigenvalue weighted by molar-refractivity contribution is -0.1000. The van der Waals surface area contributed by atoms with E-state index in [1.807, 2.05) is 13.6 Å². The molecule has 3 aliphatic rings. The highest BCUT2D eigenvalue weighted by molar-refractivity contribution is 6.43. The zero-order chi connectivity index (χ0) is 9.71. The summed E-state index contributed by atoms with van der Waals surface area (Å²) in [4.78, 5) is 0. The van der Waals surface area contributed by atoms with Crippen LogP contribution >= 0.6 is 0 Å². The molecule has 0 aromatic heterocycles. The van der Waals surface area contributed by atoms with Gasteiger partial charge >= 0.3 is 14.2 Å². The molecule has 0 aromatic carbocycles. The summed E-state index contributed by atoms with van der Waals surface area (Å²) in [6, 6.07) is 0. The second kappa shape index (κ2) is 3.21. The van der Waals surface area contributed by atoms with Gasteiger partial charge in [-0.05, 0) is 13.6 Å². The molecule has 4 unspecified atom stereocenters. The number of fused-ring (bicyclic) bond motifs is 3. The smallest absolute Gasteiger partial charge is 0.408 e. The fourth-order valence-corrected chi connectivity index (χ4v) is 2.18. The zero-order valence-electron chi connectivity index (χ0n) is 8.21. The molecule has 7 heteroatoms. The fraction of sp³-hybridized carbons (Fsp3) is 1.00. The Hall–Kier alpha value is -0.0701. The molecule has 0 radical (unpaired) electrons. The van der Waals surface area contributed by atoms with Crippen molar-refractivity contribution >= 4 is 14.2 Å². The Morgan fingerprint density at radius 2 is 1.79 bits per heavy atom. The predicted molar refractivity (Wildman–Crippen MR) is 48.7 cm³/mol. The molecule has 3 saturated heterocycles. The van der Waals surface area contributed by atoms with Crippen molar-refractivity contribution in [1.29, 1.82) is 0 Å². The van der Waals surface area contributed by atoms with Crippen molar-refractivity contribution in [3.05, 3.63) is 0 Å². The maximum Gasteiger partial charge on any atom is 0.455 e. The second-order valence-corrected chi connectivity index (χ2v) is 3.85. The molecule has 0 N–H and O–H groups in total. The highest BCUT2D eigenvalue weighted by atomic mass is 16.8. The average Bonchev–Trinajstić information content (AvgIpc) is 2.62. The molecule has 0 saturated carbocycles. The predicted octanol–water partition coefficient (Wildman–Crippen LogP) is -0.222. The number of rotatable bonds is 0. The normalized spacial score (nSPS) is 46.7. The van der Waals surface area contributed by atoms with Crippen LogP contribution in [0.4, 0.5) is 0 Å². The van der Waals surface area contributed by atoms with Crippen LogP contribution in [0, 0.1) is 0 Å². The van der Waals surface area contributed by atoms with Crippen molar-refractivity contribution in [2.75, 3.05) is 6.61 Å². The average molecular weight is 198 g/mol. The van der Waals surface area contributed by atoms with E-state index in [4.69, 9.17) is 23.4 Å². The lowest BCUT2D eigenvalue weighted by Gasteiger charge is -2.30. The first-order valence-electron chi connectivity index (χ1n) is 4.97. The number of ether oxygens (including phenoxy) is 1. The van der Waals surface area contributed by atoms with Gasteiger partial charge in [-0.2, -0.15) is 0 Å². The molecule has 0 aromatic rings. The molecule has 4 atom stereocenters. The van der Waals surface area contributed by atoms with Crippen LogP contribution in [0.15, 0.2) is 0 Å². The fourth-order valence-electron chi connectivity index (χ4n) is 2.18. The van der Waals surface area contributed by atoms with Crippen molar-refractivity contribution in [2.45, 2.75) is 38.2 Å². The highest BCUT2D eigenvalue weighted by Crippen LogP contribution is 2.35. The Labute approximate surface area is 83.3 Å². The van der Waals surface area contributed by atoms with E-state index in [1.54, 1.807) is 0 Å². The van der Waals surface area contributed by atoms with E-state index in [2.05, 4.69) is 0 Å². The van der Waals surface area contributed by atoms with Crippen LogP contribution in [0.5, 0.6) is 0 Å². The van der Waals surface area contributed by atoms with Gasteiger partial charge in [-0.1, -0.05) is 0 Å². The summed E-state index contributed by atoms with van der Waals surface area (Å²) in [7, 11) is -0.384. The van der Waals surface area contributed by atoms with Gasteiger partial charge in [-0.25, -0.2) is 0 Å². The van der Waals surface area contributed by atoms with Gasteiger partial charge in [-0.15, -0.1) is 0 Å². The van der Waals surface area contributed by atoms with Gasteiger partial charge < -0.3 is 23.4 Å². The van der Waals surface area contributed by atoms with Crippen molar-refractivity contribution in [1.82, 2.24) is 0 Å². The maximum absolute atomic E-state index is 5.62. The molecule has 0 spiro atoms. The van der Waals surface area contributed by atoms with Crippen molar-refractivity contribution in [3.8, 4) is 0 Å². The molecular formula is C7H12B2O5. The van der Waals surface area contributed by atoms with Crippen LogP contribution in [-0.4, -0.2) is 45.4 Å². The van der Waals surface area contributed by atoms with Gasteiger partial charge in [0.2, 0.25) is 0 Å². The quantitative estimate of drug-likeness (QED) is 0.503. The van der Waals surface area contributed by atoms with Gasteiger partial charge in [0.05, 0.1) is 6.61 Å². The zero-order valence-corrected chi connectivity index (χ0v) is 8.21. The minimum atomic E-state index is -0.283. The monoisotopic (exact) mass is 198 g/mol. The van der Waals surface area contributed by atoms with Crippen LogP contribution in [-0.2, 0) is 23.4 Å². The summed E-state index contributed by atoms with van der Waals surface area (Å²) in [6.07, 6.45) is -0.474. The summed E-state index contributed by atoms with van der Waals surface area (Å²) >= 11 is 0. The third-order valence-corrected chi connectivity index (χ3v) is 2.79. The second-order valence-electron chi connectivity index (χ2n) is 3.85. The first-order valence-corrected chi connectivity index (χ1v) is 4.97. The molecule has 3 fully saturated rings. The Balaban J connectivity index is 1.75. The summed E-state index contributed by atoms with van der Waals surface area (Å²) in [5.41, 5.74) is 0. The standard InChI is InChI=1S/C7H12B2O5/c1-8-10-3-4-5(12-8)6-7(11-4)14-9(2)13-6/h4-7H,3H2,1-2H3. The minimum Gasteiger partial charge on any atom is -0.408 e. The number of hydrogen-bond acceptors (Lipinski definition) is 5. The van der Waals surface area contributed by atoms with Crippen molar-refractivity contribution < 1.29 is 23.4 Å². The topological polar surface area (TPSA) is 46.2 Å². The molecule has 14 heavy (non-hydrogen) atoms. The SMILES string of the molecule is CB1OCC2OC3OB(C)OC3C2O1. The van der Waals surface area contributed by atoms with Gasteiger partial charge in [0.1, 0.15) is 18.3 Å². The molecule has 76 valence electrons. The van der Waals surface area contributed by atoms with E-state index in [1.165, 1.54) is 0 Å². The van der Waals surface area contributed by atoms with Gasteiger partial charge in [-0.3, -0.25) is 0 Å². The largest absolute Gasteiger partial charge is 0.455 e. The minimum absolute atomic E-state index is 0.0475. The first kappa shape index (κ1) is 9.18. The Kier molecular flexibility index (Phi) is 2.11. The third-order valence-electron chi connectivity index (χ3n) is 2.79. The van der Waals surface area contributed by atoms with Crippen LogP contribution in [0.25, 0.3) is 0 Å². The molecule has 3 heterocycles. The molecule has 0 bridgehead atoms. The molecule has 3 aliphatic heterocycles. The summed E-state index contributed by atoms with van der Waals surface area (Å²) in [5, 5.41) is 0. The molecule has 0 amide bonds. The third kappa shape index (κ3) is 1.31. The van der Waals surface area contributed by atoms with Gasteiger partial charge in [0.25, 0.3) is 0 Å². The summed E-state index contributed by atoms with van der Waals surface area (Å²) in [5.74, 6) is 0. The van der Waals surface area contributed by atoms with E-state index in [-0.39, 0.29) is 38.8 Å². The van der Waals surface area contributed by atoms with Crippen LogP contribution in [0.2, 0.25) is 13.6 Å². The molecule has 0 aliphatic carbocycles. The maximum atomic E-state index is 5.62. The van der Waals surface area contributed by atoms with E-state index in [9.17, 15) is 0 Å². The van der Waals surface area contributed by atoms with E-state index >= 15 is 0 Å². The van der Waals surface area contributed by atoms with Gasteiger partial charge in [0, 0.05) is 0 Å². The molecule has 5 nitrogen and oxygen atoms in total. The van der Waals surface area contributed by atoms with Crippen LogP contribution < -0.4 is 0 Å². The lowest BCUT2D eigenvalue weighted by Crippen LogP contribution is -2.47. The highest BCUT2D eigenvalue weighted by Gasteiger charge is 2.54. The first-order chi connectivity index (χ1) is 6.74. The summed E-state index contributed by atoms with van der Waals surface area (Å²) in [6.45, 7) is 4.29. The van der Waals surface area contributed by atoms with E-state index in [0.717, 1.165) is 0 Å². The summed E-state index contributed by atoms with van der Waals surface area (Å²) < 4.78 is 27.6. The Morgan fingerprint density at radius 3 is 2.64 bits per heavy atom. The molecule has 3 rings (SSSR count). The Bertz CT molecular complexity index is 240. The van der Waals surface area contributed by atoms with Crippen LogP contribution in [0.3, 0.4) is 0 Å². The van der Waals surface area contributed by atoms with Crippen molar-refractivity contribution in [2.24, 2.45) is 0 Å². The van der Waals surface area contributed by atoms with E-state index < -0.39 is 0 Å². The van der Waals surface area contributed by atoms with E-state index in [0.29, 0.717) is 6.61 Å². The molecular weight excluding hydrogens is 186 g/mol. The Morgan fingerprint density at radius 1 is 1.00 bits per heavy atom. The lowest BCUT2D eigenvalue weighted by atomic mass is 9.90.